The van der Waals surface area contributed by atoms with E-state index in [-0.39, 0.29) is 44.8 Å². The van der Waals surface area contributed by atoms with Gasteiger partial charge in [0.15, 0.2) is 28.8 Å². The van der Waals surface area contributed by atoms with E-state index in [1.807, 2.05) is 0 Å². The summed E-state index contributed by atoms with van der Waals surface area (Å²) in [7, 11) is -9.53. The van der Waals surface area contributed by atoms with Crippen molar-refractivity contribution in [3.8, 4) is 17.2 Å². The van der Waals surface area contributed by atoms with Gasteiger partial charge in [-0.05, 0) is 49.4 Å². The van der Waals surface area contributed by atoms with Crippen molar-refractivity contribution < 1.29 is 63.4 Å². The third kappa shape index (κ3) is 8.43. The molecule has 250 valence electrons. The average Bonchev–Trinajstić information content (AvgIpc) is 3.27. The van der Waals surface area contributed by atoms with E-state index in [0.29, 0.717) is 12.0 Å². The van der Waals surface area contributed by atoms with E-state index in [4.69, 9.17) is 15.2 Å². The molecule has 2 aromatic carbocycles. The number of aromatic hydroxyl groups is 1. The van der Waals surface area contributed by atoms with Crippen molar-refractivity contribution in [1.82, 2.24) is 14.8 Å². The smallest absolute Gasteiger partial charge is 0.357 e. The van der Waals surface area contributed by atoms with Gasteiger partial charge < -0.3 is 20.3 Å². The molecule has 0 aliphatic carbocycles. The minimum absolute atomic E-state index is 0.0876. The summed E-state index contributed by atoms with van der Waals surface area (Å²) >= 11 is -2.55. The maximum absolute atomic E-state index is 12.9. The normalized spacial score (nSPS) is 12.7. The van der Waals surface area contributed by atoms with Crippen molar-refractivity contribution in [2.45, 2.75) is 21.6 Å². The second-order valence-electron chi connectivity index (χ2n) is 8.71. The molecule has 0 aliphatic heterocycles. The largest absolute Gasteiger partial charge is 0.503 e. The molecule has 47 heavy (non-hydrogen) atoms. The zero-order valence-corrected chi connectivity index (χ0v) is 26.2. The zero-order valence-electron chi connectivity index (χ0n) is 23.0. The number of hydrogen-bond acceptors (Lipinski definition) is 17. The second-order valence-corrected chi connectivity index (χ2v) is 12.9. The Kier molecular flexibility index (Phi) is 10.5. The number of aryl methyl sites for hydroxylation is 1. The minimum Gasteiger partial charge on any atom is -0.503 e. The van der Waals surface area contributed by atoms with Crippen LogP contribution in [0.4, 0.5) is 23.0 Å². The third-order valence-electron chi connectivity index (χ3n) is 5.67. The number of carbonyl (C=O) groups excluding carboxylic acids is 1. The first-order chi connectivity index (χ1) is 22.0. The topological polar surface area (TPSA) is 325 Å². The summed E-state index contributed by atoms with van der Waals surface area (Å²) in [5, 5.41) is 36.7. The number of anilines is 2. The third-order valence-corrected chi connectivity index (χ3v) is 8.23. The van der Waals surface area contributed by atoms with Gasteiger partial charge in [0.1, 0.15) is 11.4 Å². The number of azo groups is 1. The summed E-state index contributed by atoms with van der Waals surface area (Å²) in [5.74, 6) is -2.85. The van der Waals surface area contributed by atoms with E-state index in [9.17, 15) is 44.6 Å². The maximum Gasteiger partial charge on any atom is 0.357 e. The Morgan fingerprint density at radius 1 is 1.06 bits per heavy atom. The lowest BCUT2D eigenvalue weighted by atomic mass is 10.2. The molecule has 8 N–H and O–H groups in total. The van der Waals surface area contributed by atoms with Crippen LogP contribution >= 0.6 is 12.0 Å². The van der Waals surface area contributed by atoms with Crippen LogP contribution in [0.3, 0.4) is 0 Å². The van der Waals surface area contributed by atoms with Crippen LogP contribution in [-0.2, 0) is 41.0 Å². The summed E-state index contributed by atoms with van der Waals surface area (Å²) in [5.41, 5.74) is 5.21. The Balaban J connectivity index is 1.67. The molecule has 0 bridgehead atoms. The highest BCUT2D eigenvalue weighted by molar-refractivity contribution is 7.94. The average molecular weight is 734 g/mol. The quantitative estimate of drug-likeness (QED) is 0.0275. The Bertz CT molecular complexity index is 2140. The fourth-order valence-corrected chi connectivity index (χ4v) is 5.55. The lowest BCUT2D eigenvalue weighted by Crippen LogP contribution is -2.14. The molecule has 2 aromatic heterocycles. The SMILES string of the molecule is Cc1nn(-c2cc(S(=O)(=O)O)ccc2OS(=O)O)c(N)c1N=Nc1ccnc(NC(=O)c2cc(SOOO)cc(S(=O)(=O)O)c2)c1O. The Hall–Kier alpha value is -4.57. The highest BCUT2D eigenvalue weighted by Gasteiger charge is 2.22. The highest BCUT2D eigenvalue weighted by Crippen LogP contribution is 2.38. The number of amides is 1. The maximum atomic E-state index is 12.9. The van der Waals surface area contributed by atoms with Crippen LogP contribution in [0.25, 0.3) is 5.69 Å². The number of pyridine rings is 1. The minimum atomic E-state index is -4.80. The fraction of sp³-hybridized carbons (Fsp3) is 0.0455. The second kappa shape index (κ2) is 14.0. The molecule has 25 heteroatoms. The molecule has 0 saturated heterocycles. The van der Waals surface area contributed by atoms with Gasteiger partial charge in [0, 0.05) is 16.7 Å². The van der Waals surface area contributed by atoms with Gasteiger partial charge in [-0.25, -0.2) is 14.9 Å². The predicted octanol–water partition coefficient (Wildman–Crippen LogP) is 2.97. The number of rotatable bonds is 12. The van der Waals surface area contributed by atoms with Crippen LogP contribution in [0.15, 0.2) is 73.6 Å². The van der Waals surface area contributed by atoms with E-state index in [1.165, 1.54) is 13.0 Å². The number of hydrogen-bond donors (Lipinski definition) is 7. The molecule has 0 radical (unpaired) electrons. The lowest BCUT2D eigenvalue weighted by molar-refractivity contribution is -0.432. The number of carbonyl (C=O) groups is 1. The van der Waals surface area contributed by atoms with Gasteiger partial charge in [0.25, 0.3) is 26.1 Å². The van der Waals surface area contributed by atoms with Crippen molar-refractivity contribution in [2.75, 3.05) is 11.1 Å². The van der Waals surface area contributed by atoms with Crippen LogP contribution in [0.2, 0.25) is 0 Å². The first-order valence-corrected chi connectivity index (χ1v) is 16.6. The summed E-state index contributed by atoms with van der Waals surface area (Å²) in [4.78, 5) is 15.3. The molecule has 4 aromatic rings. The van der Waals surface area contributed by atoms with Crippen molar-refractivity contribution in [2.24, 2.45) is 10.2 Å². The zero-order chi connectivity index (χ0) is 34.7. The molecule has 4 rings (SSSR count). The molecule has 1 amide bonds. The molecule has 1 unspecified atom stereocenters. The monoisotopic (exact) mass is 733 g/mol. The molecule has 0 saturated carbocycles. The van der Waals surface area contributed by atoms with Gasteiger partial charge in [0.05, 0.1) is 27.5 Å². The molecule has 0 spiro atoms. The molecule has 0 fully saturated rings. The number of aromatic nitrogens is 3. The molecule has 21 nitrogen and oxygen atoms in total. The van der Waals surface area contributed by atoms with Crippen LogP contribution < -0.4 is 15.2 Å². The van der Waals surface area contributed by atoms with E-state index in [0.717, 1.165) is 47.3 Å². The molecule has 1 atom stereocenters. The van der Waals surface area contributed by atoms with Crippen molar-refractivity contribution in [3.05, 3.63) is 59.9 Å². The fourth-order valence-electron chi connectivity index (χ4n) is 3.67. The summed E-state index contributed by atoms with van der Waals surface area (Å²) < 4.78 is 95.9. The van der Waals surface area contributed by atoms with E-state index in [1.54, 1.807) is 0 Å². The number of nitrogens with zero attached hydrogens (tertiary/aromatic N) is 5. The van der Waals surface area contributed by atoms with Gasteiger partial charge in [-0.1, -0.05) is 5.04 Å². The van der Waals surface area contributed by atoms with Crippen molar-refractivity contribution >= 4 is 72.6 Å². The number of nitrogen functional groups attached to an aromatic ring is 1. The molecule has 0 aliphatic rings. The number of nitrogens with two attached hydrogens (primary N) is 1. The van der Waals surface area contributed by atoms with Crippen LogP contribution in [0.1, 0.15) is 16.1 Å². The van der Waals surface area contributed by atoms with Gasteiger partial charge in [0.2, 0.25) is 0 Å². The summed E-state index contributed by atoms with van der Waals surface area (Å²) in [6.07, 6.45) is 1.12. The first kappa shape index (κ1) is 35.3. The van der Waals surface area contributed by atoms with E-state index in [2.05, 4.69) is 35.0 Å². The Morgan fingerprint density at radius 3 is 2.40 bits per heavy atom. The van der Waals surface area contributed by atoms with Crippen LogP contribution in [0, 0.1) is 6.92 Å². The molecular formula is C22H19N7O14S4. The van der Waals surface area contributed by atoms with Gasteiger partial charge in [-0.15, -0.1) is 14.6 Å². The van der Waals surface area contributed by atoms with Gasteiger partial charge in [-0.3, -0.25) is 18.5 Å². The van der Waals surface area contributed by atoms with E-state index >= 15 is 0 Å². The van der Waals surface area contributed by atoms with E-state index < -0.39 is 58.9 Å². The number of benzene rings is 2. The van der Waals surface area contributed by atoms with Crippen molar-refractivity contribution in [1.29, 1.82) is 0 Å². The Labute approximate surface area is 270 Å². The summed E-state index contributed by atoms with van der Waals surface area (Å²) in [6.45, 7) is 1.42. The van der Waals surface area contributed by atoms with Crippen molar-refractivity contribution in [3.63, 3.8) is 0 Å². The molecular weight excluding hydrogens is 715 g/mol. The highest BCUT2D eigenvalue weighted by atomic mass is 32.2. The first-order valence-electron chi connectivity index (χ1n) is 11.9. The molecule has 2 heterocycles. The van der Waals surface area contributed by atoms with Crippen LogP contribution in [-0.4, -0.2) is 65.7 Å². The Morgan fingerprint density at radius 2 is 1.77 bits per heavy atom. The predicted molar refractivity (Wildman–Crippen MR) is 159 cm³/mol. The standard InChI is InChI=1S/C22H19N7O14S4/c1-10-18(20(23)29(28-10)16-9-13(46(35,36)37)2-3-17(16)41-45(33)34)27-26-15-4-5-24-21(19(15)30)25-22(31)11-6-12(44-43-42-32)8-14(7-11)47(38,39)40/h2-9,30,32H,23H2,1H3,(H,33,34)(H,24,25,31)(H,35,36,37)(H,38,39,40). The summed E-state index contributed by atoms with van der Waals surface area (Å²) in [6, 6.07) is 6.74. The van der Waals surface area contributed by atoms with Gasteiger partial charge in [-0.2, -0.15) is 26.1 Å². The van der Waals surface area contributed by atoms with Crippen LogP contribution in [0.5, 0.6) is 11.5 Å². The van der Waals surface area contributed by atoms with Gasteiger partial charge >= 0.3 is 11.4 Å². The number of nitrogens with one attached hydrogen (secondary N) is 1. The lowest BCUT2D eigenvalue weighted by Gasteiger charge is -2.11.